The van der Waals surface area contributed by atoms with Crippen LogP contribution >= 0.6 is 0 Å². The topological polar surface area (TPSA) is 41.6 Å². The Balaban J connectivity index is 1.62. The number of nitrogens with zero attached hydrogens (tertiary/aromatic N) is 1. The minimum absolute atomic E-state index is 0.155. The molecule has 0 aromatic heterocycles. The Kier molecular flexibility index (Phi) is 5.21. The lowest BCUT2D eigenvalue weighted by atomic mass is 9.92. The molecule has 0 bridgehead atoms. The smallest absolute Gasteiger partial charge is 0.263 e. The van der Waals surface area contributed by atoms with E-state index in [0.29, 0.717) is 6.42 Å². The van der Waals surface area contributed by atoms with E-state index in [2.05, 4.69) is 5.32 Å². The predicted molar refractivity (Wildman–Crippen MR) is 91.5 cm³/mol. The first-order valence-electron chi connectivity index (χ1n) is 8.90. The largest absolute Gasteiger partial charge is 0.481 e. The molecule has 4 nitrogen and oxygen atoms in total. The molecule has 1 N–H and O–H groups in total. The molecular formula is C19H28N2O2. The molecule has 0 aliphatic carbocycles. The average molecular weight is 316 g/mol. The number of likely N-dealkylation sites (tertiary alicyclic amines) is 1. The number of ether oxygens (including phenoxy) is 1. The molecule has 2 heterocycles. The van der Waals surface area contributed by atoms with Crippen LogP contribution in [-0.4, -0.2) is 43.1 Å². The van der Waals surface area contributed by atoms with Crippen LogP contribution in [0.4, 0.5) is 0 Å². The van der Waals surface area contributed by atoms with Crippen molar-refractivity contribution >= 4 is 5.91 Å². The van der Waals surface area contributed by atoms with Crippen molar-refractivity contribution in [3.8, 4) is 5.75 Å². The average Bonchev–Trinajstić information content (AvgIpc) is 2.90. The van der Waals surface area contributed by atoms with Gasteiger partial charge in [0.2, 0.25) is 0 Å². The van der Waals surface area contributed by atoms with Crippen molar-refractivity contribution < 1.29 is 9.53 Å². The third-order valence-electron chi connectivity index (χ3n) is 5.25. The van der Waals surface area contributed by atoms with Gasteiger partial charge in [-0.3, -0.25) is 4.79 Å². The van der Waals surface area contributed by atoms with E-state index in [4.69, 9.17) is 4.74 Å². The van der Waals surface area contributed by atoms with Crippen LogP contribution in [0, 0.1) is 18.8 Å². The van der Waals surface area contributed by atoms with E-state index in [1.165, 1.54) is 0 Å². The molecule has 0 radical (unpaired) electrons. The highest BCUT2D eigenvalue weighted by Gasteiger charge is 2.33. The summed E-state index contributed by atoms with van der Waals surface area (Å²) < 4.78 is 5.99. The van der Waals surface area contributed by atoms with Crippen LogP contribution in [-0.2, 0) is 4.79 Å². The number of carbonyl (C=O) groups is 1. The van der Waals surface area contributed by atoms with E-state index >= 15 is 0 Å². The molecule has 1 amide bonds. The fraction of sp³-hybridized carbons (Fsp3) is 0.632. The molecule has 3 atom stereocenters. The first kappa shape index (κ1) is 16.3. The summed E-state index contributed by atoms with van der Waals surface area (Å²) in [5.41, 5.74) is 1.15. The van der Waals surface area contributed by atoms with Crippen molar-refractivity contribution in [1.29, 1.82) is 0 Å². The molecule has 2 fully saturated rings. The fourth-order valence-corrected chi connectivity index (χ4v) is 3.80. The maximum absolute atomic E-state index is 12.9. The number of benzene rings is 1. The summed E-state index contributed by atoms with van der Waals surface area (Å²) in [7, 11) is 0. The summed E-state index contributed by atoms with van der Waals surface area (Å²) in [5, 5.41) is 3.48. The van der Waals surface area contributed by atoms with Gasteiger partial charge in [-0.05, 0) is 68.8 Å². The normalized spacial score (nSPS) is 25.6. The van der Waals surface area contributed by atoms with Gasteiger partial charge >= 0.3 is 0 Å². The number of hydrogen-bond donors (Lipinski definition) is 1. The second-order valence-electron chi connectivity index (χ2n) is 6.91. The van der Waals surface area contributed by atoms with Crippen LogP contribution in [0.2, 0.25) is 0 Å². The lowest BCUT2D eigenvalue weighted by Crippen LogP contribution is -2.42. The van der Waals surface area contributed by atoms with Gasteiger partial charge in [-0.25, -0.2) is 0 Å². The van der Waals surface area contributed by atoms with E-state index in [-0.39, 0.29) is 12.0 Å². The van der Waals surface area contributed by atoms with E-state index < -0.39 is 0 Å². The maximum atomic E-state index is 12.9. The molecule has 126 valence electrons. The Morgan fingerprint density at radius 2 is 2.00 bits per heavy atom. The number of hydrogen-bond acceptors (Lipinski definition) is 3. The minimum Gasteiger partial charge on any atom is -0.481 e. The monoisotopic (exact) mass is 316 g/mol. The quantitative estimate of drug-likeness (QED) is 0.928. The van der Waals surface area contributed by atoms with Gasteiger partial charge in [-0.15, -0.1) is 0 Å². The molecule has 1 aromatic carbocycles. The molecule has 2 aliphatic heterocycles. The lowest BCUT2D eigenvalue weighted by Gasteiger charge is -2.26. The van der Waals surface area contributed by atoms with Crippen molar-refractivity contribution in [1.82, 2.24) is 10.2 Å². The maximum Gasteiger partial charge on any atom is 0.263 e. The Morgan fingerprint density at radius 3 is 2.61 bits per heavy atom. The van der Waals surface area contributed by atoms with Crippen molar-refractivity contribution in [3.05, 3.63) is 29.8 Å². The third-order valence-corrected chi connectivity index (χ3v) is 5.25. The van der Waals surface area contributed by atoms with E-state index in [1.807, 2.05) is 43.0 Å². The van der Waals surface area contributed by atoms with Gasteiger partial charge in [-0.1, -0.05) is 19.1 Å². The third kappa shape index (κ3) is 3.86. The Morgan fingerprint density at radius 1 is 1.30 bits per heavy atom. The van der Waals surface area contributed by atoms with Gasteiger partial charge in [0.05, 0.1) is 0 Å². The fourth-order valence-electron chi connectivity index (χ4n) is 3.80. The van der Waals surface area contributed by atoms with Crippen LogP contribution in [0.15, 0.2) is 24.3 Å². The molecule has 4 heteroatoms. The highest BCUT2D eigenvalue weighted by molar-refractivity contribution is 5.81. The number of fused-ring (bicyclic) bond motifs is 1. The molecule has 1 aromatic rings. The second-order valence-corrected chi connectivity index (χ2v) is 6.91. The first-order valence-corrected chi connectivity index (χ1v) is 8.90. The summed E-state index contributed by atoms with van der Waals surface area (Å²) in [6, 6.07) is 7.94. The summed E-state index contributed by atoms with van der Waals surface area (Å²) in [5.74, 6) is 2.43. The number of amides is 1. The number of aryl methyl sites for hydroxylation is 1. The van der Waals surface area contributed by atoms with Crippen LogP contribution in [0.3, 0.4) is 0 Å². The zero-order chi connectivity index (χ0) is 16.2. The summed E-state index contributed by atoms with van der Waals surface area (Å²) in [6.07, 6.45) is 2.57. The summed E-state index contributed by atoms with van der Waals surface area (Å²) >= 11 is 0. The summed E-state index contributed by atoms with van der Waals surface area (Å²) in [4.78, 5) is 14.9. The molecule has 2 saturated heterocycles. The van der Waals surface area contributed by atoms with Gasteiger partial charge in [-0.2, -0.15) is 0 Å². The molecule has 0 spiro atoms. The molecule has 1 unspecified atom stereocenters. The molecular weight excluding hydrogens is 288 g/mol. The zero-order valence-electron chi connectivity index (χ0n) is 14.3. The van der Waals surface area contributed by atoms with Gasteiger partial charge in [0.15, 0.2) is 6.10 Å². The van der Waals surface area contributed by atoms with Gasteiger partial charge in [0, 0.05) is 13.1 Å². The van der Waals surface area contributed by atoms with Crippen LogP contribution < -0.4 is 10.1 Å². The standard InChI is InChI=1S/C19H28N2O2/c1-3-18(23-17-6-4-5-14(2)11-17)19(22)21-9-7-15-12-20-13-16(15)8-10-21/h4-6,11,15-16,18,20H,3,7-10,12-13H2,1-2H3/t15-,16+,18?. The molecule has 0 saturated carbocycles. The van der Waals surface area contributed by atoms with Crippen LogP contribution in [0.25, 0.3) is 0 Å². The number of carbonyl (C=O) groups excluding carboxylic acids is 1. The van der Waals surface area contributed by atoms with Crippen molar-refractivity contribution in [2.45, 2.75) is 39.2 Å². The first-order chi connectivity index (χ1) is 11.2. The van der Waals surface area contributed by atoms with Crippen molar-refractivity contribution in [3.63, 3.8) is 0 Å². The second kappa shape index (κ2) is 7.35. The Labute approximate surface area is 139 Å². The number of nitrogens with one attached hydrogen (secondary N) is 1. The van der Waals surface area contributed by atoms with Gasteiger partial charge in [0.25, 0.3) is 5.91 Å². The lowest BCUT2D eigenvalue weighted by molar-refractivity contribution is -0.138. The molecule has 3 rings (SSSR count). The van der Waals surface area contributed by atoms with Crippen molar-refractivity contribution in [2.24, 2.45) is 11.8 Å². The Bertz CT molecular complexity index is 532. The zero-order valence-corrected chi connectivity index (χ0v) is 14.3. The van der Waals surface area contributed by atoms with E-state index in [1.54, 1.807) is 0 Å². The van der Waals surface area contributed by atoms with Crippen LogP contribution in [0.1, 0.15) is 31.7 Å². The van der Waals surface area contributed by atoms with Gasteiger partial charge in [0.1, 0.15) is 5.75 Å². The highest BCUT2D eigenvalue weighted by atomic mass is 16.5. The van der Waals surface area contributed by atoms with Crippen molar-refractivity contribution in [2.75, 3.05) is 26.2 Å². The van der Waals surface area contributed by atoms with Crippen LogP contribution in [0.5, 0.6) is 5.75 Å². The Hall–Kier alpha value is -1.55. The van der Waals surface area contributed by atoms with E-state index in [0.717, 1.165) is 62.2 Å². The summed E-state index contributed by atoms with van der Waals surface area (Å²) in [6.45, 7) is 8.03. The predicted octanol–water partition coefficient (Wildman–Crippen LogP) is 2.61. The highest BCUT2D eigenvalue weighted by Crippen LogP contribution is 2.27. The number of rotatable bonds is 4. The molecule has 23 heavy (non-hydrogen) atoms. The SMILES string of the molecule is CCC(Oc1cccc(C)c1)C(=O)N1CC[C@@H]2CNC[C@@H]2CC1. The van der Waals surface area contributed by atoms with Gasteiger partial charge < -0.3 is 15.0 Å². The van der Waals surface area contributed by atoms with E-state index in [9.17, 15) is 4.79 Å². The minimum atomic E-state index is -0.368. The molecule has 2 aliphatic rings.